The fraction of sp³-hybridized carbons (Fsp3) is 0.545. The van der Waals surface area contributed by atoms with Gasteiger partial charge in [0.05, 0.1) is 25.1 Å². The fourth-order valence-electron chi connectivity index (χ4n) is 7.08. The van der Waals surface area contributed by atoms with Gasteiger partial charge in [0.1, 0.15) is 17.1 Å². The molecular weight excluding hydrogens is 516 g/mol. The number of carbonyl (C=O) groups is 2. The molecular formula is C33H42N4O4. The lowest BCUT2D eigenvalue weighted by molar-refractivity contribution is -0.133. The lowest BCUT2D eigenvalue weighted by Crippen LogP contribution is -2.63. The van der Waals surface area contributed by atoms with Crippen LogP contribution in [0.3, 0.4) is 0 Å². The monoisotopic (exact) mass is 558 g/mol. The van der Waals surface area contributed by atoms with Crippen molar-refractivity contribution in [1.82, 2.24) is 15.5 Å². The van der Waals surface area contributed by atoms with Crippen LogP contribution in [0.2, 0.25) is 0 Å². The largest absolute Gasteiger partial charge is 0.493 e. The van der Waals surface area contributed by atoms with Gasteiger partial charge in [0.25, 0.3) is 5.91 Å². The van der Waals surface area contributed by atoms with Gasteiger partial charge >= 0.3 is 0 Å². The molecule has 8 heteroatoms. The normalized spacial score (nSPS) is 27.7. The molecule has 1 saturated heterocycles. The molecule has 2 aromatic rings. The van der Waals surface area contributed by atoms with Crippen LogP contribution in [0.1, 0.15) is 118 Å². The third kappa shape index (κ3) is 5.41. The Morgan fingerprint density at radius 2 is 1.85 bits per heavy atom. The van der Waals surface area contributed by atoms with Crippen molar-refractivity contribution in [2.75, 3.05) is 6.61 Å². The van der Waals surface area contributed by atoms with Crippen molar-refractivity contribution >= 4 is 17.8 Å². The number of hydrogen-bond donors (Lipinski definition) is 3. The van der Waals surface area contributed by atoms with Gasteiger partial charge in [-0.1, -0.05) is 38.3 Å². The van der Waals surface area contributed by atoms with Crippen LogP contribution in [-0.4, -0.2) is 40.4 Å². The molecule has 7 aliphatic rings. The highest BCUT2D eigenvalue weighted by atomic mass is 16.5. The van der Waals surface area contributed by atoms with E-state index < -0.39 is 11.1 Å². The van der Waals surface area contributed by atoms with Gasteiger partial charge in [-0.2, -0.15) is 0 Å². The summed E-state index contributed by atoms with van der Waals surface area (Å²) in [6, 6.07) is 11.3. The minimum absolute atomic E-state index is 0.0345. The van der Waals surface area contributed by atoms with Gasteiger partial charge in [-0.25, -0.2) is 0 Å². The maximum Gasteiger partial charge on any atom is 0.251 e. The SMILES string of the molecule is CC[C@@]12CCCCCCc3ccc4c(c3)OC(C)(C)C[C@@H]4NC(=O)c3ccc4c(c3)[C@@H](CCO4)N(C(=N)N1)C(=O)C2. The molecule has 3 N–H and O–H groups in total. The Hall–Kier alpha value is -3.55. The van der Waals surface area contributed by atoms with Gasteiger partial charge in [-0.15, -0.1) is 0 Å². The molecule has 0 spiro atoms. The summed E-state index contributed by atoms with van der Waals surface area (Å²) in [4.78, 5) is 29.0. The number of nitrogens with one attached hydrogen (secondary N) is 3. The van der Waals surface area contributed by atoms with Crippen LogP contribution < -0.4 is 20.1 Å². The van der Waals surface area contributed by atoms with E-state index in [1.807, 2.05) is 12.1 Å². The zero-order chi connectivity index (χ0) is 28.8. The molecule has 1 fully saturated rings. The number of guanidine groups is 1. The molecule has 8 nitrogen and oxygen atoms in total. The minimum Gasteiger partial charge on any atom is -0.493 e. The van der Waals surface area contributed by atoms with E-state index in [1.54, 1.807) is 11.0 Å². The standard InChI is InChI=1S/C33H42N4O4/c1-4-33-15-8-6-5-7-9-21-10-12-23-25(19-32(2,3)41-28(23)17-21)35-30(39)22-11-13-27-24(18-22)26(14-16-40-27)37(29(38)20-33)31(34)36-33/h10-13,17-18,25-26H,4-9,14-16,19-20H2,1-3H3,(H2,34,36)(H,35,39)/t25-,26+,33-/m0/s1. The molecule has 0 saturated carbocycles. The predicted molar refractivity (Wildman–Crippen MR) is 157 cm³/mol. The van der Waals surface area contributed by atoms with E-state index in [9.17, 15) is 9.59 Å². The van der Waals surface area contributed by atoms with E-state index in [4.69, 9.17) is 14.9 Å². The van der Waals surface area contributed by atoms with Crippen molar-refractivity contribution < 1.29 is 19.1 Å². The molecule has 0 radical (unpaired) electrons. The number of carbonyl (C=O) groups excluding carboxylic acids is 2. The summed E-state index contributed by atoms with van der Waals surface area (Å²) in [7, 11) is 0. The van der Waals surface area contributed by atoms with E-state index in [1.165, 1.54) is 5.56 Å². The van der Waals surface area contributed by atoms with Crippen molar-refractivity contribution in [3.05, 3.63) is 58.7 Å². The maximum atomic E-state index is 13.7. The first-order valence-electron chi connectivity index (χ1n) is 15.3. The predicted octanol–water partition coefficient (Wildman–Crippen LogP) is 5.95. The smallest absolute Gasteiger partial charge is 0.251 e. The zero-order valence-electron chi connectivity index (χ0n) is 24.5. The summed E-state index contributed by atoms with van der Waals surface area (Å²) >= 11 is 0. The van der Waals surface area contributed by atoms with Crippen LogP contribution in [0.4, 0.5) is 0 Å². The highest BCUT2D eigenvalue weighted by molar-refractivity contribution is 6.00. The number of nitrogens with zero attached hydrogens (tertiary/aromatic N) is 1. The van der Waals surface area contributed by atoms with E-state index in [2.05, 4.69) is 49.6 Å². The molecule has 3 atom stereocenters. The number of rotatable bonds is 1. The van der Waals surface area contributed by atoms with Crippen LogP contribution in [0.25, 0.3) is 0 Å². The second-order valence-electron chi connectivity index (χ2n) is 12.8. The van der Waals surface area contributed by atoms with Gasteiger partial charge in [-0.05, 0) is 69.4 Å². The third-order valence-electron chi connectivity index (χ3n) is 9.36. The summed E-state index contributed by atoms with van der Waals surface area (Å²) in [5, 5.41) is 15.6. The highest BCUT2D eigenvalue weighted by Crippen LogP contribution is 2.42. The molecule has 0 aliphatic carbocycles. The van der Waals surface area contributed by atoms with Gasteiger partial charge in [0, 0.05) is 35.1 Å². The Labute approximate surface area is 242 Å². The average molecular weight is 559 g/mol. The van der Waals surface area contributed by atoms with Crippen molar-refractivity contribution in [2.24, 2.45) is 0 Å². The van der Waals surface area contributed by atoms with Crippen molar-refractivity contribution in [3.63, 3.8) is 0 Å². The second kappa shape index (κ2) is 10.7. The van der Waals surface area contributed by atoms with E-state index >= 15 is 0 Å². The summed E-state index contributed by atoms with van der Waals surface area (Å²) in [5.74, 6) is 1.46. The lowest BCUT2D eigenvalue weighted by atomic mass is 9.83. The first-order valence-corrected chi connectivity index (χ1v) is 15.3. The van der Waals surface area contributed by atoms with Crippen LogP contribution in [0.15, 0.2) is 36.4 Å². The molecule has 2 aromatic carbocycles. The van der Waals surface area contributed by atoms with Gasteiger partial charge in [0.2, 0.25) is 5.91 Å². The molecule has 0 unspecified atom stereocenters. The minimum atomic E-state index is -0.414. The molecule has 9 rings (SSSR count). The second-order valence-corrected chi connectivity index (χ2v) is 12.8. The summed E-state index contributed by atoms with van der Waals surface area (Å²) < 4.78 is 12.3. The van der Waals surface area contributed by atoms with Crippen molar-refractivity contribution in [1.29, 1.82) is 5.41 Å². The zero-order valence-corrected chi connectivity index (χ0v) is 24.5. The summed E-state index contributed by atoms with van der Waals surface area (Å²) in [6.07, 6.45) is 8.52. The number of hydrogen-bond acceptors (Lipinski definition) is 5. The Morgan fingerprint density at radius 3 is 2.66 bits per heavy atom. The number of aryl methyl sites for hydroxylation is 1. The first-order chi connectivity index (χ1) is 19.7. The van der Waals surface area contributed by atoms with E-state index in [-0.39, 0.29) is 29.9 Å². The average Bonchev–Trinajstić information content (AvgIpc) is 2.93. The number of amides is 2. The Balaban J connectivity index is 1.37. The lowest BCUT2D eigenvalue weighted by Gasteiger charge is -2.46. The van der Waals surface area contributed by atoms with Gasteiger partial charge in [0.15, 0.2) is 5.96 Å². The molecule has 41 heavy (non-hydrogen) atoms. The van der Waals surface area contributed by atoms with Crippen LogP contribution in [0, 0.1) is 5.41 Å². The Morgan fingerprint density at radius 1 is 1.02 bits per heavy atom. The number of benzene rings is 2. The Bertz CT molecular complexity index is 1350. The van der Waals surface area contributed by atoms with Crippen molar-refractivity contribution in [3.8, 4) is 11.5 Å². The topological polar surface area (TPSA) is 104 Å². The fourth-order valence-corrected chi connectivity index (χ4v) is 7.08. The first kappa shape index (κ1) is 27.6. The molecule has 7 aliphatic heterocycles. The third-order valence-corrected chi connectivity index (χ3v) is 9.36. The maximum absolute atomic E-state index is 13.7. The molecule has 7 heterocycles. The van der Waals surface area contributed by atoms with Crippen molar-refractivity contribution in [2.45, 2.75) is 108 Å². The highest BCUT2D eigenvalue weighted by Gasteiger charge is 2.44. The molecule has 8 bridgehead atoms. The van der Waals surface area contributed by atoms with Gasteiger partial charge < -0.3 is 20.1 Å². The summed E-state index contributed by atoms with van der Waals surface area (Å²) in [5.41, 5.74) is 2.73. The van der Waals surface area contributed by atoms with E-state index in [0.717, 1.165) is 61.8 Å². The Kier molecular flexibility index (Phi) is 7.20. The van der Waals surface area contributed by atoms with Crippen LogP contribution >= 0.6 is 0 Å². The molecule has 0 aromatic heterocycles. The van der Waals surface area contributed by atoms with Crippen LogP contribution in [0.5, 0.6) is 11.5 Å². The van der Waals surface area contributed by atoms with Crippen LogP contribution in [-0.2, 0) is 11.2 Å². The molecule has 218 valence electrons. The molecule has 2 amide bonds. The number of ether oxygens (including phenoxy) is 2. The van der Waals surface area contributed by atoms with Gasteiger partial charge in [-0.3, -0.25) is 19.9 Å². The quantitative estimate of drug-likeness (QED) is 0.401. The summed E-state index contributed by atoms with van der Waals surface area (Å²) in [6.45, 7) is 6.69. The van der Waals surface area contributed by atoms with E-state index in [0.29, 0.717) is 37.2 Å².